The molecule has 0 aliphatic carbocycles. The molecule has 1 N–H and O–H groups in total. The van der Waals surface area contributed by atoms with Gasteiger partial charge in [0.05, 0.1) is 18.2 Å². The van der Waals surface area contributed by atoms with Gasteiger partial charge in [0.15, 0.2) is 0 Å². The number of thiophene rings is 2. The smallest absolute Gasteiger partial charge is 0.338 e. The molecule has 27 heavy (non-hydrogen) atoms. The van der Waals surface area contributed by atoms with E-state index in [1.807, 2.05) is 47.2 Å². The summed E-state index contributed by atoms with van der Waals surface area (Å²) in [7, 11) is 1.36. The molecule has 0 aliphatic rings. The lowest BCUT2D eigenvalue weighted by Crippen LogP contribution is -2.04. The van der Waals surface area contributed by atoms with E-state index in [0.29, 0.717) is 11.1 Å². The van der Waals surface area contributed by atoms with E-state index < -0.39 is 11.9 Å². The number of methoxy groups -OCH3 is 1. The zero-order valence-electron chi connectivity index (χ0n) is 14.3. The van der Waals surface area contributed by atoms with Gasteiger partial charge in [-0.3, -0.25) is 0 Å². The molecule has 4 rings (SSSR count). The molecule has 4 nitrogen and oxygen atoms in total. The van der Waals surface area contributed by atoms with Gasteiger partial charge in [-0.1, -0.05) is 12.1 Å². The highest BCUT2D eigenvalue weighted by Crippen LogP contribution is 2.36. The molecule has 0 bridgehead atoms. The molecular formula is C21H14O4S2. The average molecular weight is 394 g/mol. The van der Waals surface area contributed by atoms with Gasteiger partial charge in [0.25, 0.3) is 0 Å². The van der Waals surface area contributed by atoms with Gasteiger partial charge in [0.2, 0.25) is 0 Å². The SMILES string of the molecule is COC(=O)c1cc2cc(-c3cccs3)c(C(=O)O)cc2cc1-c1cccs1. The number of hydrogen-bond donors (Lipinski definition) is 1. The minimum absolute atomic E-state index is 0.243. The highest BCUT2D eigenvalue weighted by molar-refractivity contribution is 7.13. The van der Waals surface area contributed by atoms with E-state index in [9.17, 15) is 14.7 Å². The van der Waals surface area contributed by atoms with Crippen LogP contribution in [0, 0.1) is 0 Å². The molecule has 0 unspecified atom stereocenters. The minimum Gasteiger partial charge on any atom is -0.478 e. The predicted molar refractivity (Wildman–Crippen MR) is 109 cm³/mol. The Bertz CT molecular complexity index is 1140. The quantitative estimate of drug-likeness (QED) is 0.446. The Balaban J connectivity index is 2.03. The summed E-state index contributed by atoms with van der Waals surface area (Å²) in [4.78, 5) is 26.0. The van der Waals surface area contributed by atoms with Crippen molar-refractivity contribution in [3.63, 3.8) is 0 Å². The number of rotatable bonds is 4. The fourth-order valence-corrected chi connectivity index (χ4v) is 4.59. The maximum absolute atomic E-state index is 12.4. The Hall–Kier alpha value is -2.96. The average Bonchev–Trinajstić information content (AvgIpc) is 3.38. The molecule has 2 aromatic carbocycles. The molecule has 0 saturated heterocycles. The van der Waals surface area contributed by atoms with Gasteiger partial charge in [-0.25, -0.2) is 9.59 Å². The Morgan fingerprint density at radius 2 is 1.37 bits per heavy atom. The molecule has 0 fully saturated rings. The van der Waals surface area contributed by atoms with E-state index in [0.717, 1.165) is 26.1 Å². The summed E-state index contributed by atoms with van der Waals surface area (Å²) >= 11 is 2.99. The third kappa shape index (κ3) is 3.13. The highest BCUT2D eigenvalue weighted by atomic mass is 32.1. The van der Waals surface area contributed by atoms with Crippen molar-refractivity contribution in [3.8, 4) is 20.9 Å². The molecule has 134 valence electrons. The number of ether oxygens (including phenoxy) is 1. The van der Waals surface area contributed by atoms with Crippen LogP contribution in [0.4, 0.5) is 0 Å². The van der Waals surface area contributed by atoms with Crippen molar-refractivity contribution in [1.29, 1.82) is 0 Å². The topological polar surface area (TPSA) is 63.6 Å². The summed E-state index contributed by atoms with van der Waals surface area (Å²) in [5.41, 5.74) is 2.09. The van der Waals surface area contributed by atoms with E-state index in [1.165, 1.54) is 29.8 Å². The number of benzene rings is 2. The fraction of sp³-hybridized carbons (Fsp3) is 0.0476. The molecular weight excluding hydrogens is 380 g/mol. The van der Waals surface area contributed by atoms with Crippen LogP contribution in [-0.2, 0) is 4.74 Å². The van der Waals surface area contributed by atoms with Crippen LogP contribution in [0.1, 0.15) is 20.7 Å². The van der Waals surface area contributed by atoms with Crippen LogP contribution in [0.3, 0.4) is 0 Å². The van der Waals surface area contributed by atoms with Crippen molar-refractivity contribution in [2.24, 2.45) is 0 Å². The molecule has 0 saturated carbocycles. The molecule has 0 aliphatic heterocycles. The van der Waals surface area contributed by atoms with Crippen LogP contribution in [0.2, 0.25) is 0 Å². The first-order chi connectivity index (χ1) is 13.1. The molecule has 4 aromatic rings. The zero-order valence-corrected chi connectivity index (χ0v) is 15.9. The highest BCUT2D eigenvalue weighted by Gasteiger charge is 2.19. The van der Waals surface area contributed by atoms with Crippen molar-refractivity contribution in [2.75, 3.05) is 7.11 Å². The second-order valence-corrected chi connectivity index (χ2v) is 7.79. The van der Waals surface area contributed by atoms with Gasteiger partial charge in [-0.05, 0) is 57.9 Å². The minimum atomic E-state index is -0.977. The summed E-state index contributed by atoms with van der Waals surface area (Å²) in [6.07, 6.45) is 0. The van der Waals surface area contributed by atoms with Crippen molar-refractivity contribution >= 4 is 45.4 Å². The molecule has 6 heteroatoms. The standard InChI is InChI=1S/C21H14O4S2/c1-25-21(24)17-11-13-8-14(18-4-2-6-26-18)16(20(22)23)10-12(13)9-15(17)19-5-3-7-27-19/h2-11H,1H3,(H,22,23). The van der Waals surface area contributed by atoms with Crippen molar-refractivity contribution < 1.29 is 19.4 Å². The third-order valence-electron chi connectivity index (χ3n) is 4.32. The Morgan fingerprint density at radius 3 is 1.81 bits per heavy atom. The Kier molecular flexibility index (Phi) is 4.51. The summed E-state index contributed by atoms with van der Waals surface area (Å²) < 4.78 is 4.96. The van der Waals surface area contributed by atoms with Crippen molar-refractivity contribution in [1.82, 2.24) is 0 Å². The Labute approximate surface area is 163 Å². The van der Waals surface area contributed by atoms with Crippen LogP contribution in [0.15, 0.2) is 59.3 Å². The van der Waals surface area contributed by atoms with Crippen LogP contribution >= 0.6 is 22.7 Å². The third-order valence-corrected chi connectivity index (χ3v) is 6.13. The number of carbonyl (C=O) groups is 2. The lowest BCUT2D eigenvalue weighted by Gasteiger charge is -2.12. The maximum Gasteiger partial charge on any atom is 0.338 e. The van der Waals surface area contributed by atoms with Crippen LogP contribution in [0.5, 0.6) is 0 Å². The first-order valence-corrected chi connectivity index (χ1v) is 9.85. The van der Waals surface area contributed by atoms with E-state index in [2.05, 4.69) is 0 Å². The van der Waals surface area contributed by atoms with Gasteiger partial charge in [0, 0.05) is 20.9 Å². The number of aromatic carboxylic acids is 1. The molecule has 2 heterocycles. The van der Waals surface area contributed by atoms with Gasteiger partial charge >= 0.3 is 11.9 Å². The van der Waals surface area contributed by atoms with Gasteiger partial charge in [-0.2, -0.15) is 0 Å². The number of carboxylic acid groups (broad SMARTS) is 1. The number of esters is 1. The maximum atomic E-state index is 12.4. The second kappa shape index (κ2) is 6.98. The van der Waals surface area contributed by atoms with E-state index in [1.54, 1.807) is 12.1 Å². The van der Waals surface area contributed by atoms with Gasteiger partial charge < -0.3 is 9.84 Å². The number of fused-ring (bicyclic) bond motifs is 1. The van der Waals surface area contributed by atoms with Crippen molar-refractivity contribution in [3.05, 3.63) is 70.4 Å². The van der Waals surface area contributed by atoms with Gasteiger partial charge in [0.1, 0.15) is 0 Å². The van der Waals surface area contributed by atoms with Crippen LogP contribution in [-0.4, -0.2) is 24.2 Å². The Morgan fingerprint density at radius 1 is 0.852 bits per heavy atom. The molecule has 0 atom stereocenters. The monoisotopic (exact) mass is 394 g/mol. The van der Waals surface area contributed by atoms with Gasteiger partial charge in [-0.15, -0.1) is 22.7 Å². The first-order valence-electron chi connectivity index (χ1n) is 8.09. The van der Waals surface area contributed by atoms with E-state index in [-0.39, 0.29) is 5.56 Å². The summed E-state index contributed by atoms with van der Waals surface area (Å²) in [5.74, 6) is -1.39. The van der Waals surface area contributed by atoms with Crippen LogP contribution in [0.25, 0.3) is 31.7 Å². The molecule has 2 aromatic heterocycles. The van der Waals surface area contributed by atoms with E-state index in [4.69, 9.17) is 4.74 Å². The lowest BCUT2D eigenvalue weighted by molar-refractivity contribution is 0.0601. The molecule has 0 radical (unpaired) electrons. The fourth-order valence-electron chi connectivity index (χ4n) is 3.08. The summed E-state index contributed by atoms with van der Waals surface area (Å²) in [6.45, 7) is 0. The number of hydrogen-bond acceptors (Lipinski definition) is 5. The normalized spacial score (nSPS) is 10.9. The first kappa shape index (κ1) is 17.5. The second-order valence-electron chi connectivity index (χ2n) is 5.89. The summed E-state index contributed by atoms with van der Waals surface area (Å²) in [6, 6.07) is 14.7. The number of carboxylic acids is 1. The zero-order chi connectivity index (χ0) is 19.0. The number of carbonyl (C=O) groups excluding carboxylic acids is 1. The van der Waals surface area contributed by atoms with Crippen LogP contribution < -0.4 is 0 Å². The van der Waals surface area contributed by atoms with E-state index >= 15 is 0 Å². The largest absolute Gasteiger partial charge is 0.478 e. The van der Waals surface area contributed by atoms with Crippen molar-refractivity contribution in [2.45, 2.75) is 0 Å². The molecule has 0 amide bonds. The predicted octanol–water partition coefficient (Wildman–Crippen LogP) is 5.78. The molecule has 0 spiro atoms. The lowest BCUT2D eigenvalue weighted by atomic mass is 9.95. The summed E-state index contributed by atoms with van der Waals surface area (Å²) in [5, 5.41) is 15.1.